The molecule has 0 spiro atoms. The minimum atomic E-state index is -0.779. The van der Waals surface area contributed by atoms with E-state index in [9.17, 15) is 20.2 Å². The lowest BCUT2D eigenvalue weighted by Crippen LogP contribution is -2.01. The van der Waals surface area contributed by atoms with E-state index >= 15 is 0 Å². The summed E-state index contributed by atoms with van der Waals surface area (Å²) in [6.45, 7) is 0. The van der Waals surface area contributed by atoms with E-state index in [0.717, 1.165) is 12.1 Å². The molecule has 168 valence electrons. The SMILES string of the molecule is COc1nc(OC)nc(-c2nc(-c3nnc(-c4cc([N+](=O)[O-])c(Br)c([N+](=O)[O-])c4)o3)co2)n1. The van der Waals surface area contributed by atoms with Crippen LogP contribution in [-0.2, 0) is 0 Å². The van der Waals surface area contributed by atoms with E-state index in [1.165, 1.54) is 20.5 Å². The van der Waals surface area contributed by atoms with Crippen molar-refractivity contribution in [1.82, 2.24) is 30.1 Å². The van der Waals surface area contributed by atoms with E-state index in [1.807, 2.05) is 0 Å². The van der Waals surface area contributed by atoms with Crippen molar-refractivity contribution in [3.8, 4) is 46.8 Å². The molecule has 0 aliphatic carbocycles. The van der Waals surface area contributed by atoms with Crippen LogP contribution in [0.4, 0.5) is 11.4 Å². The number of hydrogen-bond donors (Lipinski definition) is 0. The molecular formula is C16H9BrN8O8. The standard InChI is InChI=1S/C16H9BrN8O8/c1-30-15-19-11(20-16(21-15)31-2)14-18-7(5-32-14)13-23-22-12(33-13)6-3-8(24(26)27)10(17)9(4-6)25(28)29/h3-5H,1-2H3. The number of nitro groups is 2. The minimum absolute atomic E-state index is 0.00356. The number of rotatable bonds is 7. The summed E-state index contributed by atoms with van der Waals surface area (Å²) >= 11 is 2.87. The molecule has 0 aliphatic rings. The maximum atomic E-state index is 11.3. The molecular weight excluding hydrogens is 512 g/mol. The lowest BCUT2D eigenvalue weighted by Gasteiger charge is -2.02. The van der Waals surface area contributed by atoms with Crippen LogP contribution in [0.2, 0.25) is 0 Å². The Hall–Kier alpha value is -4.54. The third-order valence-electron chi connectivity index (χ3n) is 3.97. The molecule has 0 aliphatic heterocycles. The Bertz CT molecular complexity index is 1330. The second kappa shape index (κ2) is 8.54. The number of oxazole rings is 1. The summed E-state index contributed by atoms with van der Waals surface area (Å²) < 4.78 is 20.5. The quantitative estimate of drug-likeness (QED) is 0.253. The van der Waals surface area contributed by atoms with Gasteiger partial charge in [-0.1, -0.05) is 0 Å². The molecule has 0 atom stereocenters. The molecule has 17 heteroatoms. The van der Waals surface area contributed by atoms with E-state index in [-0.39, 0.29) is 51.2 Å². The predicted octanol–water partition coefficient (Wildman–Crippen LogP) is 2.84. The van der Waals surface area contributed by atoms with Gasteiger partial charge in [0.2, 0.25) is 11.7 Å². The highest BCUT2D eigenvalue weighted by atomic mass is 79.9. The van der Waals surface area contributed by atoms with E-state index in [2.05, 4.69) is 46.1 Å². The Kier molecular flexibility index (Phi) is 5.61. The van der Waals surface area contributed by atoms with Crippen LogP contribution in [-0.4, -0.2) is 54.2 Å². The van der Waals surface area contributed by atoms with Crippen LogP contribution in [0.3, 0.4) is 0 Å². The summed E-state index contributed by atoms with van der Waals surface area (Å²) in [5.74, 6) is -0.375. The Morgan fingerprint density at radius 1 is 0.879 bits per heavy atom. The molecule has 0 saturated heterocycles. The third kappa shape index (κ3) is 4.15. The van der Waals surface area contributed by atoms with E-state index in [4.69, 9.17) is 18.3 Å². The van der Waals surface area contributed by atoms with Gasteiger partial charge < -0.3 is 18.3 Å². The van der Waals surface area contributed by atoms with Crippen LogP contribution in [0, 0.1) is 20.2 Å². The van der Waals surface area contributed by atoms with E-state index in [1.54, 1.807) is 0 Å². The van der Waals surface area contributed by atoms with Crippen molar-refractivity contribution in [2.24, 2.45) is 0 Å². The molecule has 0 amide bonds. The van der Waals surface area contributed by atoms with Crippen LogP contribution in [0.15, 0.2) is 31.7 Å². The van der Waals surface area contributed by atoms with Crippen LogP contribution in [0.5, 0.6) is 12.0 Å². The number of benzene rings is 1. The fourth-order valence-electron chi connectivity index (χ4n) is 2.52. The maximum absolute atomic E-state index is 11.3. The van der Waals surface area contributed by atoms with Crippen molar-refractivity contribution < 1.29 is 28.2 Å². The largest absolute Gasteiger partial charge is 0.467 e. The smallest absolute Gasteiger partial charge is 0.323 e. The van der Waals surface area contributed by atoms with Crippen molar-refractivity contribution in [3.63, 3.8) is 0 Å². The molecule has 0 unspecified atom stereocenters. The summed E-state index contributed by atoms with van der Waals surface area (Å²) in [4.78, 5) is 37.0. The molecule has 0 N–H and O–H groups in total. The second-order valence-electron chi connectivity index (χ2n) is 5.93. The highest BCUT2D eigenvalue weighted by Crippen LogP contribution is 2.38. The Morgan fingerprint density at radius 3 is 2.00 bits per heavy atom. The number of ether oxygens (including phenoxy) is 2. The molecule has 3 heterocycles. The molecule has 0 fully saturated rings. The van der Waals surface area contributed by atoms with Crippen molar-refractivity contribution in [1.29, 1.82) is 0 Å². The van der Waals surface area contributed by atoms with Gasteiger partial charge in [0.05, 0.1) is 29.6 Å². The topological polar surface area (TPSA) is 208 Å². The number of methoxy groups -OCH3 is 2. The van der Waals surface area contributed by atoms with Gasteiger partial charge in [0.1, 0.15) is 6.26 Å². The molecule has 33 heavy (non-hydrogen) atoms. The van der Waals surface area contributed by atoms with Crippen LogP contribution >= 0.6 is 15.9 Å². The van der Waals surface area contributed by atoms with Crippen molar-refractivity contribution in [2.45, 2.75) is 0 Å². The van der Waals surface area contributed by atoms with Crippen molar-refractivity contribution in [3.05, 3.63) is 43.1 Å². The van der Waals surface area contributed by atoms with Gasteiger partial charge in [-0.2, -0.15) is 9.97 Å². The molecule has 0 bridgehead atoms. The molecule has 1 aromatic carbocycles. The normalized spacial score (nSPS) is 10.8. The zero-order valence-electron chi connectivity index (χ0n) is 16.5. The van der Waals surface area contributed by atoms with Crippen LogP contribution in [0.1, 0.15) is 0 Å². The zero-order valence-corrected chi connectivity index (χ0v) is 18.0. The Morgan fingerprint density at radius 2 is 1.45 bits per heavy atom. The summed E-state index contributed by atoms with van der Waals surface area (Å²) in [6.07, 6.45) is 1.18. The summed E-state index contributed by atoms with van der Waals surface area (Å²) in [5, 5.41) is 30.1. The fraction of sp³-hybridized carbons (Fsp3) is 0.125. The first-order valence-corrected chi connectivity index (χ1v) is 9.36. The molecule has 4 rings (SSSR count). The first kappa shape index (κ1) is 21.7. The number of nitrogens with zero attached hydrogens (tertiary/aromatic N) is 8. The highest BCUT2D eigenvalue weighted by Gasteiger charge is 2.27. The molecule has 0 saturated carbocycles. The van der Waals surface area contributed by atoms with E-state index in [0.29, 0.717) is 0 Å². The van der Waals surface area contributed by atoms with Crippen molar-refractivity contribution in [2.75, 3.05) is 14.2 Å². The minimum Gasteiger partial charge on any atom is -0.467 e. The molecule has 3 aromatic heterocycles. The highest BCUT2D eigenvalue weighted by molar-refractivity contribution is 9.10. The van der Waals surface area contributed by atoms with Gasteiger partial charge in [-0.15, -0.1) is 15.2 Å². The lowest BCUT2D eigenvalue weighted by molar-refractivity contribution is -0.395. The predicted molar refractivity (Wildman–Crippen MR) is 108 cm³/mol. The monoisotopic (exact) mass is 520 g/mol. The van der Waals surface area contributed by atoms with E-state index < -0.39 is 21.2 Å². The molecule has 4 aromatic rings. The Balaban J connectivity index is 1.71. The van der Waals surface area contributed by atoms with Gasteiger partial charge in [0.25, 0.3) is 23.2 Å². The van der Waals surface area contributed by atoms with Crippen LogP contribution in [0.25, 0.3) is 34.8 Å². The summed E-state index contributed by atoms with van der Waals surface area (Å²) in [5.41, 5.74) is -1.03. The number of halogens is 1. The third-order valence-corrected chi connectivity index (χ3v) is 4.79. The number of nitro benzene ring substituents is 2. The average molecular weight is 521 g/mol. The van der Waals surface area contributed by atoms with Crippen molar-refractivity contribution >= 4 is 27.3 Å². The second-order valence-corrected chi connectivity index (χ2v) is 6.72. The van der Waals surface area contributed by atoms with Gasteiger partial charge in [0.15, 0.2) is 10.2 Å². The van der Waals surface area contributed by atoms with Gasteiger partial charge in [-0.05, 0) is 15.9 Å². The maximum Gasteiger partial charge on any atom is 0.323 e. The number of aromatic nitrogens is 6. The van der Waals surface area contributed by atoms with Gasteiger partial charge in [-0.25, -0.2) is 4.98 Å². The number of hydrogen-bond acceptors (Lipinski definition) is 14. The van der Waals surface area contributed by atoms with Gasteiger partial charge in [0, 0.05) is 12.1 Å². The molecule has 16 nitrogen and oxygen atoms in total. The fourth-order valence-corrected chi connectivity index (χ4v) is 3.04. The molecule has 0 radical (unpaired) electrons. The van der Waals surface area contributed by atoms with Crippen LogP contribution < -0.4 is 9.47 Å². The van der Waals surface area contributed by atoms with Gasteiger partial charge in [-0.3, -0.25) is 20.2 Å². The summed E-state index contributed by atoms with van der Waals surface area (Å²) in [7, 11) is 2.71. The first-order chi connectivity index (χ1) is 15.8. The summed E-state index contributed by atoms with van der Waals surface area (Å²) in [6, 6.07) is 2.06. The first-order valence-electron chi connectivity index (χ1n) is 8.57. The zero-order chi connectivity index (χ0) is 23.7. The average Bonchev–Trinajstić information content (AvgIpc) is 3.48. The lowest BCUT2D eigenvalue weighted by atomic mass is 10.1. The Labute approximate surface area is 190 Å². The van der Waals surface area contributed by atoms with Gasteiger partial charge >= 0.3 is 12.0 Å².